The molecule has 1 aliphatic rings. The molecule has 0 spiro atoms. The number of carbonyl (C=O) groups is 4. The number of ether oxygens (including phenoxy) is 3. The topological polar surface area (TPSA) is 116 Å². The van der Waals surface area contributed by atoms with Crippen LogP contribution in [-0.4, -0.2) is 53.7 Å². The summed E-state index contributed by atoms with van der Waals surface area (Å²) in [5.74, 6) is -2.34. The van der Waals surface area contributed by atoms with E-state index in [2.05, 4.69) is 11.7 Å². The van der Waals surface area contributed by atoms with Gasteiger partial charge in [-0.15, -0.1) is 0 Å². The van der Waals surface area contributed by atoms with Crippen LogP contribution in [0, 0.1) is 0 Å². The maximum Gasteiger partial charge on any atom is 0.305 e. The molecule has 0 amide bonds. The molecule has 0 aliphatic heterocycles. The van der Waals surface area contributed by atoms with Crippen molar-refractivity contribution in [1.82, 2.24) is 0 Å². The van der Waals surface area contributed by atoms with Gasteiger partial charge in [0, 0.05) is 32.3 Å². The maximum absolute atomic E-state index is 12.7. The molecule has 190 valence electrons. The van der Waals surface area contributed by atoms with Gasteiger partial charge in [0.05, 0.1) is 12.1 Å². The van der Waals surface area contributed by atoms with Gasteiger partial charge in [0.1, 0.15) is 11.7 Å². The first-order chi connectivity index (χ1) is 16.0. The van der Waals surface area contributed by atoms with E-state index in [0.29, 0.717) is 0 Å². The Morgan fingerprint density at radius 1 is 1.12 bits per heavy atom. The molecule has 8 nitrogen and oxygen atoms in total. The predicted molar refractivity (Wildman–Crippen MR) is 127 cm³/mol. The second-order valence-electron chi connectivity index (χ2n) is 8.19. The number of aliphatic hydroxyl groups is 1. The summed E-state index contributed by atoms with van der Waals surface area (Å²) in [6.45, 7) is 4.49. The molecule has 0 bridgehead atoms. The maximum atomic E-state index is 12.7. The Morgan fingerprint density at radius 3 is 2.38 bits per heavy atom. The first kappa shape index (κ1) is 29.6. The molecule has 9 heteroatoms. The van der Waals surface area contributed by atoms with E-state index < -0.39 is 41.5 Å². The van der Waals surface area contributed by atoms with Crippen LogP contribution in [0.1, 0.15) is 72.1 Å². The van der Waals surface area contributed by atoms with Crippen molar-refractivity contribution in [2.24, 2.45) is 0 Å². The number of unbranched alkanes of at least 4 members (excludes halogenated alkanes) is 3. The molecule has 1 N–H and O–H groups in total. The van der Waals surface area contributed by atoms with Gasteiger partial charge in [-0.2, -0.15) is 0 Å². The highest BCUT2D eigenvalue weighted by Gasteiger charge is 2.42. The minimum atomic E-state index is -1.69. The molecule has 0 heterocycles. The van der Waals surface area contributed by atoms with Crippen LogP contribution >= 0.6 is 11.6 Å². The lowest BCUT2D eigenvalue weighted by atomic mass is 9.90. The van der Waals surface area contributed by atoms with Crippen molar-refractivity contribution in [3.63, 3.8) is 0 Å². The van der Waals surface area contributed by atoms with E-state index in [1.54, 1.807) is 6.08 Å². The van der Waals surface area contributed by atoms with E-state index >= 15 is 0 Å². The lowest BCUT2D eigenvalue weighted by molar-refractivity contribution is -0.162. The van der Waals surface area contributed by atoms with Crippen LogP contribution in [0.5, 0.6) is 0 Å². The number of rotatable bonds is 14. The zero-order chi connectivity index (χ0) is 25.7. The number of Topliss-reactive ketones (excluding diaryl/α,β-unsaturated/α-hetero) is 1. The normalized spacial score (nSPS) is 20.8. The van der Waals surface area contributed by atoms with Crippen LogP contribution in [0.3, 0.4) is 0 Å². The van der Waals surface area contributed by atoms with Crippen molar-refractivity contribution in [2.45, 2.75) is 89.9 Å². The smallest absolute Gasteiger partial charge is 0.305 e. The highest BCUT2D eigenvalue weighted by molar-refractivity contribution is 6.46. The van der Waals surface area contributed by atoms with E-state index in [1.807, 2.05) is 6.08 Å². The SMILES string of the molecule is CCCCCC=CC[C@@]1(O)C=C(Cl)C(=O)/C1=C/[C@H](OC(C)=O)[C@H](CCCC(=O)OC)OC(C)=O. The second-order valence-corrected chi connectivity index (χ2v) is 8.59. The zero-order valence-corrected chi connectivity index (χ0v) is 21.1. The fourth-order valence-electron chi connectivity index (χ4n) is 3.59. The average Bonchev–Trinajstić information content (AvgIpc) is 2.97. The quantitative estimate of drug-likeness (QED) is 0.125. The summed E-state index contributed by atoms with van der Waals surface area (Å²) in [6, 6.07) is 0. The van der Waals surface area contributed by atoms with Crippen molar-refractivity contribution in [2.75, 3.05) is 7.11 Å². The van der Waals surface area contributed by atoms with Crippen LogP contribution in [0.15, 0.2) is 34.9 Å². The monoisotopic (exact) mass is 498 g/mol. The summed E-state index contributed by atoms with van der Waals surface area (Å²) >= 11 is 6.05. The average molecular weight is 499 g/mol. The Kier molecular flexibility index (Phi) is 12.8. The van der Waals surface area contributed by atoms with Gasteiger partial charge in [-0.1, -0.05) is 43.5 Å². The van der Waals surface area contributed by atoms with Gasteiger partial charge < -0.3 is 19.3 Å². The molecule has 3 atom stereocenters. The summed E-state index contributed by atoms with van der Waals surface area (Å²) in [4.78, 5) is 47.7. The first-order valence-corrected chi connectivity index (χ1v) is 11.9. The molecular weight excluding hydrogens is 464 g/mol. The highest BCUT2D eigenvalue weighted by atomic mass is 35.5. The van der Waals surface area contributed by atoms with Crippen LogP contribution in [0.2, 0.25) is 0 Å². The Hall–Kier alpha value is -2.45. The molecule has 0 saturated heterocycles. The van der Waals surface area contributed by atoms with Gasteiger partial charge in [0.25, 0.3) is 0 Å². The van der Waals surface area contributed by atoms with Crippen LogP contribution < -0.4 is 0 Å². The van der Waals surface area contributed by atoms with E-state index in [-0.39, 0.29) is 36.3 Å². The third-order valence-electron chi connectivity index (χ3n) is 5.28. The van der Waals surface area contributed by atoms with Gasteiger partial charge in [0.2, 0.25) is 5.78 Å². The fourth-order valence-corrected chi connectivity index (χ4v) is 3.87. The minimum absolute atomic E-state index is 0.0629. The molecule has 0 aromatic rings. The molecule has 0 aromatic carbocycles. The number of hydrogen-bond acceptors (Lipinski definition) is 8. The molecular formula is C25H35ClO8. The van der Waals surface area contributed by atoms with Gasteiger partial charge in [-0.05, 0) is 37.8 Å². The minimum Gasteiger partial charge on any atom is -0.469 e. The van der Waals surface area contributed by atoms with Crippen molar-refractivity contribution in [1.29, 1.82) is 0 Å². The summed E-state index contributed by atoms with van der Waals surface area (Å²) in [7, 11) is 1.26. The molecule has 0 unspecified atom stereocenters. The van der Waals surface area contributed by atoms with Gasteiger partial charge in [0.15, 0.2) is 6.10 Å². The van der Waals surface area contributed by atoms with Gasteiger partial charge in [-0.25, -0.2) is 0 Å². The lowest BCUT2D eigenvalue weighted by Crippen LogP contribution is -2.36. The van der Waals surface area contributed by atoms with E-state index in [0.717, 1.165) is 25.7 Å². The summed E-state index contributed by atoms with van der Waals surface area (Å²) in [5.41, 5.74) is -1.76. The number of methoxy groups -OCH3 is 1. The number of ketones is 1. The Labute approximate surface area is 206 Å². The number of halogens is 1. The second kappa shape index (κ2) is 14.7. The molecule has 34 heavy (non-hydrogen) atoms. The van der Waals surface area contributed by atoms with Crippen molar-refractivity contribution in [3.05, 3.63) is 34.9 Å². The van der Waals surface area contributed by atoms with Gasteiger partial charge in [-0.3, -0.25) is 19.2 Å². The van der Waals surface area contributed by atoms with Crippen molar-refractivity contribution in [3.8, 4) is 0 Å². The van der Waals surface area contributed by atoms with Gasteiger partial charge >= 0.3 is 17.9 Å². The summed E-state index contributed by atoms with van der Waals surface area (Å²) in [6.07, 6.45) is 8.77. The van der Waals surface area contributed by atoms with Crippen LogP contribution in [-0.2, 0) is 33.4 Å². The van der Waals surface area contributed by atoms with E-state index in [1.165, 1.54) is 33.1 Å². The van der Waals surface area contributed by atoms with Crippen molar-refractivity contribution >= 4 is 35.3 Å². The predicted octanol–water partition coefficient (Wildman–Crippen LogP) is 4.08. The van der Waals surface area contributed by atoms with E-state index in [4.69, 9.17) is 21.1 Å². The third kappa shape index (κ3) is 9.81. The van der Waals surface area contributed by atoms with Crippen LogP contribution in [0.4, 0.5) is 0 Å². The first-order valence-electron chi connectivity index (χ1n) is 11.5. The largest absolute Gasteiger partial charge is 0.469 e. The molecule has 1 rings (SSSR count). The standard InChI is InChI=1S/C25H35ClO8/c1-5-6-7-8-9-10-14-25(31)16-20(26)24(30)19(25)15-22(34-18(3)28)21(33-17(2)27)12-11-13-23(29)32-4/h9-10,15-16,21-22,31H,5-8,11-14H2,1-4H3/b10-9?,19-15-/t21-,22-,25+/m0/s1. The molecule has 1 aliphatic carbocycles. The number of carbonyl (C=O) groups excluding carboxylic acids is 4. The highest BCUT2D eigenvalue weighted by Crippen LogP contribution is 2.37. The Bertz CT molecular complexity index is 829. The lowest BCUT2D eigenvalue weighted by Gasteiger charge is -2.27. The third-order valence-corrected chi connectivity index (χ3v) is 5.56. The Balaban J connectivity index is 3.20. The van der Waals surface area contributed by atoms with E-state index in [9.17, 15) is 24.3 Å². The molecule has 0 aromatic heterocycles. The summed E-state index contributed by atoms with van der Waals surface area (Å²) < 4.78 is 15.3. The Morgan fingerprint density at radius 2 is 1.79 bits per heavy atom. The van der Waals surface area contributed by atoms with Crippen LogP contribution in [0.25, 0.3) is 0 Å². The van der Waals surface area contributed by atoms with Crippen molar-refractivity contribution < 1.29 is 38.5 Å². The number of hydrogen-bond donors (Lipinski definition) is 1. The zero-order valence-electron chi connectivity index (χ0n) is 20.3. The number of allylic oxidation sites excluding steroid dienone is 2. The molecule has 0 radical (unpaired) electrons. The fraction of sp³-hybridized carbons (Fsp3) is 0.600. The molecule has 0 fully saturated rings. The summed E-state index contributed by atoms with van der Waals surface area (Å²) in [5, 5.41) is 11.1. The molecule has 0 saturated carbocycles. The number of esters is 3.